The van der Waals surface area contributed by atoms with Crippen molar-refractivity contribution >= 4 is 23.4 Å². The summed E-state index contributed by atoms with van der Waals surface area (Å²) in [6, 6.07) is 4.98. The molecule has 0 unspecified atom stereocenters. The highest BCUT2D eigenvalue weighted by Gasteiger charge is 2.27. The maximum Gasteiger partial charge on any atom is 0.262 e. The molecule has 3 rings (SSSR count). The number of carbonyl (C=O) groups excluding carboxylic acids is 3. The SMILES string of the molecule is NC(=O)C1CCN(C(=O)c2ccc3c(c2)NC(=O)CO3)CC1. The minimum absolute atomic E-state index is 0.0130. The Balaban J connectivity index is 1.72. The highest BCUT2D eigenvalue weighted by atomic mass is 16.5. The van der Waals surface area contributed by atoms with Crippen molar-refractivity contribution < 1.29 is 19.1 Å². The molecule has 2 aliphatic heterocycles. The third-order valence-corrected chi connectivity index (χ3v) is 4.04. The zero-order valence-electron chi connectivity index (χ0n) is 12.0. The third-order valence-electron chi connectivity index (χ3n) is 4.04. The van der Waals surface area contributed by atoms with Gasteiger partial charge < -0.3 is 20.7 Å². The van der Waals surface area contributed by atoms with Gasteiger partial charge in [0.15, 0.2) is 6.61 Å². The Morgan fingerprint density at radius 1 is 1.27 bits per heavy atom. The van der Waals surface area contributed by atoms with Crippen LogP contribution in [0.2, 0.25) is 0 Å². The van der Waals surface area contributed by atoms with Gasteiger partial charge in [-0.25, -0.2) is 0 Å². The van der Waals surface area contributed by atoms with Crippen molar-refractivity contribution in [3.63, 3.8) is 0 Å². The molecule has 1 saturated heterocycles. The number of nitrogens with one attached hydrogen (secondary N) is 1. The average molecular weight is 303 g/mol. The number of hydrogen-bond acceptors (Lipinski definition) is 4. The first-order valence-corrected chi connectivity index (χ1v) is 7.20. The van der Waals surface area contributed by atoms with Gasteiger partial charge in [-0.15, -0.1) is 0 Å². The number of rotatable bonds is 2. The van der Waals surface area contributed by atoms with Crippen LogP contribution in [0.1, 0.15) is 23.2 Å². The molecule has 0 bridgehead atoms. The van der Waals surface area contributed by atoms with Crippen LogP contribution in [0.5, 0.6) is 5.75 Å². The monoisotopic (exact) mass is 303 g/mol. The van der Waals surface area contributed by atoms with Gasteiger partial charge in [0.25, 0.3) is 11.8 Å². The van der Waals surface area contributed by atoms with Crippen molar-refractivity contribution in [3.05, 3.63) is 23.8 Å². The van der Waals surface area contributed by atoms with Crippen LogP contribution in [-0.2, 0) is 9.59 Å². The number of piperidine rings is 1. The quantitative estimate of drug-likeness (QED) is 0.823. The largest absolute Gasteiger partial charge is 0.482 e. The second-order valence-corrected chi connectivity index (χ2v) is 5.52. The number of ether oxygens (including phenoxy) is 1. The van der Waals surface area contributed by atoms with Crippen LogP contribution < -0.4 is 15.8 Å². The van der Waals surface area contributed by atoms with E-state index in [9.17, 15) is 14.4 Å². The van der Waals surface area contributed by atoms with Crippen molar-refractivity contribution in [2.75, 3.05) is 25.0 Å². The smallest absolute Gasteiger partial charge is 0.262 e. The lowest BCUT2D eigenvalue weighted by Gasteiger charge is -2.31. The van der Waals surface area contributed by atoms with E-state index in [4.69, 9.17) is 10.5 Å². The molecule has 3 N–H and O–H groups in total. The Kier molecular flexibility index (Phi) is 3.70. The second-order valence-electron chi connectivity index (χ2n) is 5.52. The number of carbonyl (C=O) groups is 3. The number of fused-ring (bicyclic) bond motifs is 1. The number of nitrogens with zero attached hydrogens (tertiary/aromatic N) is 1. The van der Waals surface area contributed by atoms with Gasteiger partial charge in [0.1, 0.15) is 5.75 Å². The van der Waals surface area contributed by atoms with E-state index in [1.165, 1.54) is 0 Å². The van der Waals surface area contributed by atoms with Crippen LogP contribution in [0.25, 0.3) is 0 Å². The van der Waals surface area contributed by atoms with E-state index in [1.807, 2.05) is 0 Å². The molecular weight excluding hydrogens is 286 g/mol. The fraction of sp³-hybridized carbons (Fsp3) is 0.400. The minimum Gasteiger partial charge on any atom is -0.482 e. The summed E-state index contributed by atoms with van der Waals surface area (Å²) in [6.45, 7) is 1.000. The maximum atomic E-state index is 12.5. The molecule has 1 aromatic carbocycles. The number of primary amides is 1. The minimum atomic E-state index is -0.305. The Morgan fingerprint density at radius 3 is 2.68 bits per heavy atom. The molecule has 0 aromatic heterocycles. The molecular formula is C15H17N3O4. The van der Waals surface area contributed by atoms with Gasteiger partial charge in [0.05, 0.1) is 5.69 Å². The first kappa shape index (κ1) is 14.4. The van der Waals surface area contributed by atoms with Crippen LogP contribution in [-0.4, -0.2) is 42.3 Å². The Labute approximate surface area is 127 Å². The maximum absolute atomic E-state index is 12.5. The molecule has 1 fully saturated rings. The van der Waals surface area contributed by atoms with Gasteiger partial charge in [-0.1, -0.05) is 0 Å². The van der Waals surface area contributed by atoms with Crippen molar-refractivity contribution in [2.45, 2.75) is 12.8 Å². The number of hydrogen-bond donors (Lipinski definition) is 2. The normalized spacial score (nSPS) is 18.2. The van der Waals surface area contributed by atoms with Crippen LogP contribution >= 0.6 is 0 Å². The highest BCUT2D eigenvalue weighted by Crippen LogP contribution is 2.29. The second kappa shape index (κ2) is 5.67. The van der Waals surface area contributed by atoms with Crippen LogP contribution in [0.4, 0.5) is 5.69 Å². The third kappa shape index (κ3) is 2.74. The summed E-state index contributed by atoms with van der Waals surface area (Å²) in [4.78, 5) is 36.7. The van der Waals surface area contributed by atoms with E-state index < -0.39 is 0 Å². The number of benzene rings is 1. The van der Waals surface area contributed by atoms with E-state index >= 15 is 0 Å². The van der Waals surface area contributed by atoms with E-state index in [2.05, 4.69) is 5.32 Å². The zero-order valence-corrected chi connectivity index (χ0v) is 12.0. The van der Waals surface area contributed by atoms with Gasteiger partial charge in [-0.3, -0.25) is 14.4 Å². The fourth-order valence-electron chi connectivity index (χ4n) is 2.77. The number of anilines is 1. The van der Waals surface area contributed by atoms with Crippen LogP contribution in [0.3, 0.4) is 0 Å². The molecule has 0 aliphatic carbocycles. The first-order chi connectivity index (χ1) is 10.5. The molecule has 2 aliphatic rings. The molecule has 3 amide bonds. The Bertz CT molecular complexity index is 636. The standard InChI is InChI=1S/C15H17N3O4/c16-14(20)9-3-5-18(6-4-9)15(21)10-1-2-12-11(7-10)17-13(19)8-22-12/h1-2,7,9H,3-6,8H2,(H2,16,20)(H,17,19). The molecule has 22 heavy (non-hydrogen) atoms. The number of likely N-dealkylation sites (tertiary alicyclic amines) is 1. The lowest BCUT2D eigenvalue weighted by molar-refractivity contribution is -0.123. The van der Waals surface area contributed by atoms with Crippen molar-refractivity contribution in [2.24, 2.45) is 11.7 Å². The summed E-state index contributed by atoms with van der Waals surface area (Å²) in [5.74, 6) is -0.255. The van der Waals surface area contributed by atoms with E-state index in [1.54, 1.807) is 23.1 Å². The molecule has 7 heteroatoms. The summed E-state index contributed by atoms with van der Waals surface area (Å²) in [5.41, 5.74) is 6.29. The molecule has 2 heterocycles. The van der Waals surface area contributed by atoms with Gasteiger partial charge in [0.2, 0.25) is 5.91 Å². The average Bonchev–Trinajstić information content (AvgIpc) is 2.53. The zero-order chi connectivity index (χ0) is 15.7. The van der Waals surface area contributed by atoms with Gasteiger partial charge in [-0.05, 0) is 31.0 Å². The molecule has 116 valence electrons. The Hall–Kier alpha value is -2.57. The fourth-order valence-corrected chi connectivity index (χ4v) is 2.77. The number of amides is 3. The molecule has 0 spiro atoms. The summed E-state index contributed by atoms with van der Waals surface area (Å²) >= 11 is 0. The molecule has 0 atom stereocenters. The first-order valence-electron chi connectivity index (χ1n) is 7.20. The van der Waals surface area contributed by atoms with Crippen LogP contribution in [0.15, 0.2) is 18.2 Å². The van der Waals surface area contributed by atoms with Gasteiger partial charge in [0, 0.05) is 24.6 Å². The van der Waals surface area contributed by atoms with Crippen molar-refractivity contribution in [1.82, 2.24) is 4.90 Å². The van der Waals surface area contributed by atoms with Crippen molar-refractivity contribution in [1.29, 1.82) is 0 Å². The summed E-state index contributed by atoms with van der Waals surface area (Å²) in [7, 11) is 0. The van der Waals surface area contributed by atoms with Gasteiger partial charge >= 0.3 is 0 Å². The molecule has 0 radical (unpaired) electrons. The number of nitrogens with two attached hydrogens (primary N) is 1. The predicted molar refractivity (Wildman–Crippen MR) is 78.4 cm³/mol. The molecule has 0 saturated carbocycles. The molecule has 7 nitrogen and oxygen atoms in total. The van der Waals surface area contributed by atoms with Crippen LogP contribution in [0, 0.1) is 5.92 Å². The van der Waals surface area contributed by atoms with E-state index in [0.29, 0.717) is 42.9 Å². The molecule has 1 aromatic rings. The predicted octanol–water partition coefficient (Wildman–Crippen LogP) is 0.355. The topological polar surface area (TPSA) is 102 Å². The lowest BCUT2D eigenvalue weighted by atomic mass is 9.96. The summed E-state index contributed by atoms with van der Waals surface area (Å²) in [6.07, 6.45) is 1.18. The van der Waals surface area contributed by atoms with E-state index in [0.717, 1.165) is 0 Å². The van der Waals surface area contributed by atoms with Gasteiger partial charge in [-0.2, -0.15) is 0 Å². The van der Waals surface area contributed by atoms with Crippen molar-refractivity contribution in [3.8, 4) is 5.75 Å². The summed E-state index contributed by atoms with van der Waals surface area (Å²) in [5, 5.41) is 2.68. The summed E-state index contributed by atoms with van der Waals surface area (Å²) < 4.78 is 5.27. The highest BCUT2D eigenvalue weighted by molar-refractivity contribution is 6.00. The van der Waals surface area contributed by atoms with E-state index in [-0.39, 0.29) is 30.2 Å². The lowest BCUT2D eigenvalue weighted by Crippen LogP contribution is -2.41. The Morgan fingerprint density at radius 2 is 2.00 bits per heavy atom.